The van der Waals surface area contributed by atoms with Crippen molar-refractivity contribution in [2.75, 3.05) is 11.4 Å². The fourth-order valence-corrected chi connectivity index (χ4v) is 1.92. The quantitative estimate of drug-likeness (QED) is 0.937. The molecular weight excluding hydrogens is 315 g/mol. The molecule has 7 heteroatoms. The van der Waals surface area contributed by atoms with E-state index in [4.69, 9.17) is 28.3 Å². The summed E-state index contributed by atoms with van der Waals surface area (Å²) >= 11 is 11.5. The van der Waals surface area contributed by atoms with Crippen molar-refractivity contribution in [2.45, 2.75) is 0 Å². The Labute approximate surface area is 130 Å². The molecule has 0 radical (unpaired) electrons. The number of carboxylic acids is 1. The van der Waals surface area contributed by atoms with Gasteiger partial charge >= 0.3 is 5.97 Å². The maximum atomic E-state index is 12.4. The molecule has 1 N–H and O–H groups in total. The smallest absolute Gasteiger partial charge is 0.323 e. The zero-order chi connectivity index (χ0) is 15.4. The zero-order valence-electron chi connectivity index (χ0n) is 10.7. The first kappa shape index (κ1) is 15.3. The van der Waals surface area contributed by atoms with Crippen LogP contribution in [-0.4, -0.2) is 28.5 Å². The number of anilines is 1. The molecule has 0 fully saturated rings. The first-order chi connectivity index (χ1) is 9.97. The summed E-state index contributed by atoms with van der Waals surface area (Å²) in [5.41, 5.74) is 0.527. The fourth-order valence-electron chi connectivity index (χ4n) is 1.68. The SMILES string of the molecule is O=C(O)CN(C(=O)c1ccc(Cl)cn1)c1ccc(Cl)cc1. The Kier molecular flexibility index (Phi) is 4.77. The number of carbonyl (C=O) groups is 2. The molecule has 0 saturated heterocycles. The van der Waals surface area contributed by atoms with Gasteiger partial charge in [-0.15, -0.1) is 0 Å². The molecule has 108 valence electrons. The average Bonchev–Trinajstić information content (AvgIpc) is 2.46. The highest BCUT2D eigenvalue weighted by atomic mass is 35.5. The van der Waals surface area contributed by atoms with Crippen LogP contribution >= 0.6 is 23.2 Å². The predicted molar refractivity (Wildman–Crippen MR) is 80.0 cm³/mol. The Balaban J connectivity index is 2.35. The number of carboxylic acid groups (broad SMARTS) is 1. The van der Waals surface area contributed by atoms with Gasteiger partial charge in [-0.2, -0.15) is 0 Å². The number of amides is 1. The van der Waals surface area contributed by atoms with Gasteiger partial charge in [0.25, 0.3) is 5.91 Å². The second-order valence-corrected chi connectivity index (χ2v) is 5.00. The molecule has 0 spiro atoms. The molecule has 2 rings (SSSR count). The van der Waals surface area contributed by atoms with Crippen LogP contribution in [0, 0.1) is 0 Å². The first-order valence-electron chi connectivity index (χ1n) is 5.88. The molecule has 0 aliphatic rings. The van der Waals surface area contributed by atoms with Gasteiger partial charge in [-0.05, 0) is 36.4 Å². The molecule has 0 atom stereocenters. The summed E-state index contributed by atoms with van der Waals surface area (Å²) in [6, 6.07) is 9.25. The normalized spacial score (nSPS) is 10.2. The van der Waals surface area contributed by atoms with Crippen LogP contribution in [0.2, 0.25) is 10.0 Å². The van der Waals surface area contributed by atoms with Crippen molar-refractivity contribution in [3.8, 4) is 0 Å². The number of nitrogens with zero attached hydrogens (tertiary/aromatic N) is 2. The van der Waals surface area contributed by atoms with Gasteiger partial charge < -0.3 is 5.11 Å². The van der Waals surface area contributed by atoms with E-state index < -0.39 is 18.4 Å². The van der Waals surface area contributed by atoms with Gasteiger partial charge in [0.1, 0.15) is 12.2 Å². The molecule has 0 aliphatic carbocycles. The van der Waals surface area contributed by atoms with Crippen LogP contribution < -0.4 is 4.90 Å². The summed E-state index contributed by atoms with van der Waals surface area (Å²) in [6.07, 6.45) is 1.33. The summed E-state index contributed by atoms with van der Waals surface area (Å²) in [7, 11) is 0. The van der Waals surface area contributed by atoms with Crippen molar-refractivity contribution in [3.05, 3.63) is 58.3 Å². The summed E-state index contributed by atoms with van der Waals surface area (Å²) in [5, 5.41) is 9.86. The zero-order valence-corrected chi connectivity index (χ0v) is 12.2. The average molecular weight is 325 g/mol. The van der Waals surface area contributed by atoms with Gasteiger partial charge in [-0.25, -0.2) is 4.98 Å². The van der Waals surface area contributed by atoms with Gasteiger partial charge in [-0.3, -0.25) is 14.5 Å². The highest BCUT2D eigenvalue weighted by Crippen LogP contribution is 2.20. The maximum absolute atomic E-state index is 12.4. The van der Waals surface area contributed by atoms with Crippen molar-refractivity contribution in [2.24, 2.45) is 0 Å². The number of hydrogen-bond acceptors (Lipinski definition) is 3. The Bertz CT molecular complexity index is 657. The number of rotatable bonds is 4. The third-order valence-electron chi connectivity index (χ3n) is 2.62. The van der Waals surface area contributed by atoms with Gasteiger partial charge in [0, 0.05) is 16.9 Å². The Morgan fingerprint density at radius 2 is 1.67 bits per heavy atom. The van der Waals surface area contributed by atoms with E-state index >= 15 is 0 Å². The van der Waals surface area contributed by atoms with Gasteiger partial charge in [0.2, 0.25) is 0 Å². The summed E-state index contributed by atoms with van der Waals surface area (Å²) in [4.78, 5) is 28.4. The maximum Gasteiger partial charge on any atom is 0.323 e. The van der Waals surface area contributed by atoms with Crippen LogP contribution in [0.4, 0.5) is 5.69 Å². The third-order valence-corrected chi connectivity index (χ3v) is 3.10. The Morgan fingerprint density at radius 1 is 1.05 bits per heavy atom. The summed E-state index contributed by atoms with van der Waals surface area (Å²) in [6.45, 7) is -0.481. The van der Waals surface area contributed by atoms with Crippen molar-refractivity contribution in [1.29, 1.82) is 0 Å². The van der Waals surface area contributed by atoms with E-state index in [1.807, 2.05) is 0 Å². The molecule has 2 aromatic rings. The summed E-state index contributed by atoms with van der Waals surface area (Å²) in [5.74, 6) is -1.66. The molecular formula is C14H10Cl2N2O3. The van der Waals surface area contributed by atoms with Gasteiger partial charge in [0.15, 0.2) is 0 Å². The van der Waals surface area contributed by atoms with Crippen LogP contribution in [0.15, 0.2) is 42.6 Å². The van der Waals surface area contributed by atoms with Crippen molar-refractivity contribution >= 4 is 40.8 Å². The standard InChI is InChI=1S/C14H10Cl2N2O3/c15-9-1-4-11(5-2-9)18(8-13(19)20)14(21)12-6-3-10(16)7-17-12/h1-7H,8H2,(H,19,20). The van der Waals surface area contributed by atoms with Crippen molar-refractivity contribution in [3.63, 3.8) is 0 Å². The minimum Gasteiger partial charge on any atom is -0.480 e. The topological polar surface area (TPSA) is 70.5 Å². The number of pyridine rings is 1. The largest absolute Gasteiger partial charge is 0.480 e. The minimum atomic E-state index is -1.13. The van der Waals surface area contributed by atoms with Crippen LogP contribution in [-0.2, 0) is 4.79 Å². The second-order valence-electron chi connectivity index (χ2n) is 4.12. The van der Waals surface area contributed by atoms with E-state index in [1.165, 1.54) is 18.3 Å². The van der Waals surface area contributed by atoms with E-state index in [2.05, 4.69) is 4.98 Å². The number of aliphatic carboxylic acids is 1. The predicted octanol–water partition coefficient (Wildman–Crippen LogP) is 3.12. The van der Waals surface area contributed by atoms with Crippen LogP contribution in [0.1, 0.15) is 10.5 Å². The lowest BCUT2D eigenvalue weighted by Crippen LogP contribution is -2.36. The Morgan fingerprint density at radius 3 is 2.19 bits per heavy atom. The molecule has 21 heavy (non-hydrogen) atoms. The van der Waals surface area contributed by atoms with Gasteiger partial charge in [0.05, 0.1) is 5.02 Å². The van der Waals surface area contributed by atoms with Crippen molar-refractivity contribution < 1.29 is 14.7 Å². The van der Waals surface area contributed by atoms with Crippen LogP contribution in [0.25, 0.3) is 0 Å². The fraction of sp³-hybridized carbons (Fsp3) is 0.0714. The molecule has 0 saturated carbocycles. The molecule has 0 unspecified atom stereocenters. The van der Waals surface area contributed by atoms with Gasteiger partial charge in [-0.1, -0.05) is 23.2 Å². The monoisotopic (exact) mass is 324 g/mol. The molecule has 1 aromatic carbocycles. The summed E-state index contributed by atoms with van der Waals surface area (Å²) < 4.78 is 0. The first-order valence-corrected chi connectivity index (χ1v) is 6.64. The minimum absolute atomic E-state index is 0.107. The highest BCUT2D eigenvalue weighted by molar-refractivity contribution is 6.31. The number of halogens is 2. The number of hydrogen-bond donors (Lipinski definition) is 1. The number of aromatic nitrogens is 1. The van der Waals surface area contributed by atoms with Crippen LogP contribution in [0.5, 0.6) is 0 Å². The van der Waals surface area contributed by atoms with Crippen molar-refractivity contribution in [1.82, 2.24) is 4.98 Å². The van der Waals surface area contributed by atoms with E-state index in [-0.39, 0.29) is 5.69 Å². The molecule has 1 amide bonds. The van der Waals surface area contributed by atoms with Crippen LogP contribution in [0.3, 0.4) is 0 Å². The highest BCUT2D eigenvalue weighted by Gasteiger charge is 2.21. The van der Waals surface area contributed by atoms with E-state index in [0.29, 0.717) is 15.7 Å². The molecule has 0 aliphatic heterocycles. The molecule has 5 nitrogen and oxygen atoms in total. The van der Waals surface area contributed by atoms with E-state index in [9.17, 15) is 9.59 Å². The van der Waals surface area contributed by atoms with E-state index in [1.54, 1.807) is 24.3 Å². The second kappa shape index (κ2) is 6.56. The lowest BCUT2D eigenvalue weighted by molar-refractivity contribution is -0.135. The molecule has 1 heterocycles. The molecule has 1 aromatic heterocycles. The lowest BCUT2D eigenvalue weighted by Gasteiger charge is -2.20. The number of benzene rings is 1. The molecule has 0 bridgehead atoms. The third kappa shape index (κ3) is 3.93. The van der Waals surface area contributed by atoms with E-state index in [0.717, 1.165) is 4.90 Å². The Hall–Kier alpha value is -2.11. The number of carbonyl (C=O) groups excluding carboxylic acids is 1. The lowest BCUT2D eigenvalue weighted by atomic mass is 10.2.